The van der Waals surface area contributed by atoms with Crippen LogP contribution in [-0.2, 0) is 0 Å². The maximum absolute atomic E-state index is 13.2. The number of nitrogens with two attached hydrogens (primary N) is 1. The topological polar surface area (TPSA) is 41.6 Å². The highest BCUT2D eigenvalue weighted by atomic mass is 35.5. The fourth-order valence-electron chi connectivity index (χ4n) is 2.63. The third kappa shape index (κ3) is 2.47. The van der Waals surface area contributed by atoms with E-state index in [0.717, 1.165) is 16.8 Å². The van der Waals surface area contributed by atoms with Crippen LogP contribution in [0, 0.1) is 12.7 Å². The minimum Gasteiger partial charge on any atom is -0.369 e. The summed E-state index contributed by atoms with van der Waals surface area (Å²) < 4.78 is 13.2. The van der Waals surface area contributed by atoms with Crippen LogP contribution in [-0.4, -0.2) is 12.5 Å². The van der Waals surface area contributed by atoms with E-state index < -0.39 is 0 Å². The highest BCUT2D eigenvalue weighted by Gasteiger charge is 2.31. The quantitative estimate of drug-likeness (QED) is 0.920. The van der Waals surface area contributed by atoms with Crippen molar-refractivity contribution in [1.82, 2.24) is 0 Å². The summed E-state index contributed by atoms with van der Waals surface area (Å²) in [6, 6.07) is 12.3. The Hall–Kier alpha value is -2.07. The van der Waals surface area contributed by atoms with Crippen molar-refractivity contribution < 1.29 is 4.39 Å². The van der Waals surface area contributed by atoms with Crippen molar-refractivity contribution in [1.29, 1.82) is 0 Å². The number of hydrogen-bond acceptors (Lipinski definition) is 3. The molecule has 21 heavy (non-hydrogen) atoms. The fourth-order valence-corrected chi connectivity index (χ4v) is 2.92. The Bertz CT molecular complexity index is 714. The Kier molecular flexibility index (Phi) is 3.55. The highest BCUT2D eigenvalue weighted by molar-refractivity contribution is 6.31. The van der Waals surface area contributed by atoms with Gasteiger partial charge in [0.2, 0.25) is 0 Å². The Balaban J connectivity index is 2.05. The van der Waals surface area contributed by atoms with Gasteiger partial charge in [0.15, 0.2) is 5.96 Å². The Morgan fingerprint density at radius 3 is 2.76 bits per heavy atom. The number of aryl methyl sites for hydroxylation is 1. The molecule has 0 saturated carbocycles. The predicted molar refractivity (Wildman–Crippen MR) is 84.3 cm³/mol. The van der Waals surface area contributed by atoms with Crippen molar-refractivity contribution in [2.24, 2.45) is 10.7 Å². The molecule has 2 N–H and O–H groups in total. The van der Waals surface area contributed by atoms with Gasteiger partial charge in [0.1, 0.15) is 5.82 Å². The van der Waals surface area contributed by atoms with Crippen molar-refractivity contribution >= 4 is 23.2 Å². The van der Waals surface area contributed by atoms with Crippen molar-refractivity contribution in [2.75, 3.05) is 11.4 Å². The van der Waals surface area contributed by atoms with E-state index in [2.05, 4.69) is 4.99 Å². The number of anilines is 1. The van der Waals surface area contributed by atoms with Gasteiger partial charge in [-0.3, -0.25) is 4.99 Å². The highest BCUT2D eigenvalue weighted by Crippen LogP contribution is 2.36. The van der Waals surface area contributed by atoms with Gasteiger partial charge in [0.25, 0.3) is 0 Å². The first-order valence-corrected chi connectivity index (χ1v) is 7.05. The minimum atomic E-state index is -0.349. The number of hydrogen-bond donors (Lipinski definition) is 1. The lowest BCUT2D eigenvalue weighted by atomic mass is 10.0. The molecule has 1 atom stereocenters. The summed E-state index contributed by atoms with van der Waals surface area (Å²) in [5.41, 5.74) is 8.96. The predicted octanol–water partition coefficient (Wildman–Crippen LogP) is 3.66. The van der Waals surface area contributed by atoms with E-state index in [-0.39, 0.29) is 11.9 Å². The molecule has 0 saturated heterocycles. The van der Waals surface area contributed by atoms with E-state index in [1.54, 1.807) is 6.07 Å². The SMILES string of the molecule is Cc1ccccc1N1C(N)=NCC1c1ccc(F)cc1Cl. The van der Waals surface area contributed by atoms with Crippen LogP contribution in [0.4, 0.5) is 10.1 Å². The molecule has 0 amide bonds. The monoisotopic (exact) mass is 303 g/mol. The van der Waals surface area contributed by atoms with Crippen molar-refractivity contribution in [3.05, 3.63) is 64.4 Å². The number of guanidine groups is 1. The van der Waals surface area contributed by atoms with E-state index in [1.165, 1.54) is 12.1 Å². The first-order valence-electron chi connectivity index (χ1n) is 6.67. The second-order valence-corrected chi connectivity index (χ2v) is 5.44. The molecule has 0 radical (unpaired) electrons. The zero-order valence-electron chi connectivity index (χ0n) is 11.6. The van der Waals surface area contributed by atoms with Crippen LogP contribution < -0.4 is 10.6 Å². The van der Waals surface area contributed by atoms with Gasteiger partial charge in [0, 0.05) is 10.7 Å². The molecule has 5 heteroatoms. The maximum atomic E-state index is 13.2. The molecule has 108 valence electrons. The van der Waals surface area contributed by atoms with Crippen LogP contribution in [0.15, 0.2) is 47.5 Å². The molecule has 1 heterocycles. The Morgan fingerprint density at radius 1 is 1.29 bits per heavy atom. The standard InChI is InChI=1S/C16H15ClFN3/c1-10-4-2-3-5-14(10)21-15(9-20-16(21)19)12-7-6-11(18)8-13(12)17/h2-8,15H,9H2,1H3,(H2,19,20). The summed E-state index contributed by atoms with van der Waals surface area (Å²) in [6.45, 7) is 2.52. The number of benzene rings is 2. The average Bonchev–Trinajstić information content (AvgIpc) is 2.81. The minimum absolute atomic E-state index is 0.112. The Morgan fingerprint density at radius 2 is 2.05 bits per heavy atom. The lowest BCUT2D eigenvalue weighted by Gasteiger charge is -2.28. The fraction of sp³-hybridized carbons (Fsp3) is 0.188. The van der Waals surface area contributed by atoms with Gasteiger partial charge in [-0.2, -0.15) is 0 Å². The smallest absolute Gasteiger partial charge is 0.196 e. The summed E-state index contributed by atoms with van der Waals surface area (Å²) in [6.07, 6.45) is 0. The van der Waals surface area contributed by atoms with Gasteiger partial charge >= 0.3 is 0 Å². The molecule has 0 aliphatic carbocycles. The van der Waals surface area contributed by atoms with E-state index in [9.17, 15) is 4.39 Å². The first kappa shape index (κ1) is 13.9. The zero-order chi connectivity index (χ0) is 15.0. The molecule has 0 bridgehead atoms. The summed E-state index contributed by atoms with van der Waals surface area (Å²) in [5, 5.41) is 0.392. The van der Waals surface area contributed by atoms with Crippen LogP contribution in [0.2, 0.25) is 5.02 Å². The van der Waals surface area contributed by atoms with Gasteiger partial charge in [-0.1, -0.05) is 35.9 Å². The molecular formula is C16H15ClFN3. The van der Waals surface area contributed by atoms with Crippen LogP contribution >= 0.6 is 11.6 Å². The number of nitrogens with zero attached hydrogens (tertiary/aromatic N) is 2. The van der Waals surface area contributed by atoms with E-state index in [0.29, 0.717) is 17.5 Å². The molecule has 0 aromatic heterocycles. The first-order chi connectivity index (χ1) is 10.1. The molecule has 3 nitrogen and oxygen atoms in total. The van der Waals surface area contributed by atoms with E-state index in [1.807, 2.05) is 36.1 Å². The molecule has 1 aliphatic rings. The molecule has 0 fully saturated rings. The van der Waals surface area contributed by atoms with Crippen molar-refractivity contribution in [3.8, 4) is 0 Å². The van der Waals surface area contributed by atoms with Crippen LogP contribution in [0.1, 0.15) is 17.2 Å². The van der Waals surface area contributed by atoms with Crippen LogP contribution in [0.3, 0.4) is 0 Å². The second kappa shape index (κ2) is 5.37. The summed E-state index contributed by atoms with van der Waals surface area (Å²) in [5.74, 6) is 0.104. The van der Waals surface area contributed by atoms with E-state index in [4.69, 9.17) is 17.3 Å². The van der Waals surface area contributed by atoms with Gasteiger partial charge in [-0.05, 0) is 36.2 Å². The van der Waals surface area contributed by atoms with E-state index >= 15 is 0 Å². The molecule has 1 unspecified atom stereocenters. The third-order valence-electron chi connectivity index (χ3n) is 3.68. The number of para-hydroxylation sites is 1. The maximum Gasteiger partial charge on any atom is 0.196 e. The summed E-state index contributed by atoms with van der Waals surface area (Å²) >= 11 is 6.19. The molecule has 0 spiro atoms. The largest absolute Gasteiger partial charge is 0.369 e. The lowest BCUT2D eigenvalue weighted by Crippen LogP contribution is -2.36. The average molecular weight is 304 g/mol. The Labute approximate surface area is 127 Å². The van der Waals surface area contributed by atoms with Crippen molar-refractivity contribution in [2.45, 2.75) is 13.0 Å². The number of aliphatic imine (C=N–C) groups is 1. The van der Waals surface area contributed by atoms with Crippen molar-refractivity contribution in [3.63, 3.8) is 0 Å². The van der Waals surface area contributed by atoms with Crippen LogP contribution in [0.5, 0.6) is 0 Å². The van der Waals surface area contributed by atoms with Gasteiger partial charge in [-0.25, -0.2) is 4.39 Å². The molecule has 1 aliphatic heterocycles. The molecule has 2 aromatic carbocycles. The number of halogens is 2. The normalized spacial score (nSPS) is 18.0. The van der Waals surface area contributed by atoms with Gasteiger partial charge in [0.05, 0.1) is 12.6 Å². The molecule has 2 aromatic rings. The second-order valence-electron chi connectivity index (χ2n) is 5.04. The molecule has 3 rings (SSSR count). The third-order valence-corrected chi connectivity index (χ3v) is 4.01. The summed E-state index contributed by atoms with van der Waals surface area (Å²) in [7, 11) is 0. The van der Waals surface area contributed by atoms with Gasteiger partial charge < -0.3 is 10.6 Å². The zero-order valence-corrected chi connectivity index (χ0v) is 12.3. The van der Waals surface area contributed by atoms with Gasteiger partial charge in [-0.15, -0.1) is 0 Å². The number of rotatable bonds is 2. The molecular weight excluding hydrogens is 289 g/mol. The lowest BCUT2D eigenvalue weighted by molar-refractivity contribution is 0.625. The summed E-state index contributed by atoms with van der Waals surface area (Å²) in [4.78, 5) is 6.28. The van der Waals surface area contributed by atoms with Crippen LogP contribution in [0.25, 0.3) is 0 Å².